The second-order valence-electron chi connectivity index (χ2n) is 7.22. The van der Waals surface area contributed by atoms with Crippen molar-refractivity contribution in [3.8, 4) is 0 Å². The van der Waals surface area contributed by atoms with Gasteiger partial charge in [0.2, 0.25) is 0 Å². The van der Waals surface area contributed by atoms with Crippen LogP contribution >= 0.6 is 0 Å². The van der Waals surface area contributed by atoms with Gasteiger partial charge < -0.3 is 10.2 Å². The second-order valence-corrected chi connectivity index (χ2v) is 7.22. The minimum Gasteiger partial charge on any atom is -0.390 e. The van der Waals surface area contributed by atoms with Crippen molar-refractivity contribution in [2.45, 2.75) is 56.8 Å². The Hall–Kier alpha value is -0.380. The minimum absolute atomic E-state index is 0.165. The molecule has 19 heavy (non-hydrogen) atoms. The largest absolute Gasteiger partial charge is 0.390 e. The van der Waals surface area contributed by atoms with E-state index >= 15 is 0 Å². The van der Waals surface area contributed by atoms with Gasteiger partial charge >= 0.3 is 0 Å². The fourth-order valence-electron chi connectivity index (χ4n) is 5.89. The van der Waals surface area contributed by atoms with Gasteiger partial charge in [0.15, 0.2) is 0 Å². The van der Waals surface area contributed by atoms with Crippen LogP contribution in [-0.4, -0.2) is 45.9 Å². The fourth-order valence-corrected chi connectivity index (χ4v) is 5.89. The number of hydrogen-bond donors (Lipinski definition) is 2. The number of nitrogens with zero attached hydrogens (tertiary/aromatic N) is 1. The molecule has 0 unspecified atom stereocenters. The molecule has 2 bridgehead atoms. The number of aliphatic hydroxyl groups excluding tert-OH is 2. The molecule has 1 saturated carbocycles. The van der Waals surface area contributed by atoms with E-state index in [0.717, 1.165) is 12.8 Å². The van der Waals surface area contributed by atoms with E-state index < -0.39 is 12.2 Å². The summed E-state index contributed by atoms with van der Waals surface area (Å²) in [6.45, 7) is 4.59. The van der Waals surface area contributed by atoms with Gasteiger partial charge in [-0.1, -0.05) is 11.6 Å². The van der Waals surface area contributed by atoms with E-state index in [4.69, 9.17) is 0 Å². The van der Waals surface area contributed by atoms with Crippen LogP contribution in [-0.2, 0) is 0 Å². The molecule has 106 valence electrons. The Kier molecular flexibility index (Phi) is 2.64. The Bertz CT molecular complexity index is 419. The van der Waals surface area contributed by atoms with Crippen LogP contribution in [0.5, 0.6) is 0 Å². The second kappa shape index (κ2) is 4.06. The lowest BCUT2D eigenvalue weighted by Gasteiger charge is -2.66. The summed E-state index contributed by atoms with van der Waals surface area (Å²) in [4.78, 5) is 2.67. The summed E-state index contributed by atoms with van der Waals surface area (Å²) in [6, 6.07) is 0. The van der Waals surface area contributed by atoms with Crippen LogP contribution in [0.4, 0.5) is 0 Å². The Morgan fingerprint density at radius 1 is 1.11 bits per heavy atom. The molecule has 0 aromatic heterocycles. The zero-order chi connectivity index (χ0) is 13.2. The first-order chi connectivity index (χ1) is 9.14. The Morgan fingerprint density at radius 3 is 2.53 bits per heavy atom. The van der Waals surface area contributed by atoms with Gasteiger partial charge in [0, 0.05) is 17.4 Å². The number of piperidine rings is 2. The van der Waals surface area contributed by atoms with Crippen molar-refractivity contribution in [1.82, 2.24) is 4.90 Å². The molecule has 4 aliphatic rings. The lowest BCUT2D eigenvalue weighted by Crippen LogP contribution is -2.73. The van der Waals surface area contributed by atoms with Gasteiger partial charge in [-0.2, -0.15) is 0 Å². The van der Waals surface area contributed by atoms with Crippen molar-refractivity contribution in [2.24, 2.45) is 17.8 Å². The van der Waals surface area contributed by atoms with Crippen LogP contribution in [0.1, 0.15) is 39.0 Å². The SMILES string of the molecule is CC1=C[C@@H]2[C@H](O)[C@@H](O)[C@H]3CCCN4CCC[C@H]2[C@]34C1. The molecule has 6 atom stereocenters. The maximum atomic E-state index is 10.6. The smallest absolute Gasteiger partial charge is 0.0868 e. The summed E-state index contributed by atoms with van der Waals surface area (Å²) in [5, 5.41) is 21.2. The molecule has 0 amide bonds. The van der Waals surface area contributed by atoms with Crippen molar-refractivity contribution in [2.75, 3.05) is 13.1 Å². The van der Waals surface area contributed by atoms with Crippen molar-refractivity contribution in [3.63, 3.8) is 0 Å². The summed E-state index contributed by atoms with van der Waals surface area (Å²) in [7, 11) is 0. The predicted molar refractivity (Wildman–Crippen MR) is 73.6 cm³/mol. The molecular formula is C16H25NO2. The van der Waals surface area contributed by atoms with Crippen molar-refractivity contribution in [3.05, 3.63) is 11.6 Å². The van der Waals surface area contributed by atoms with Crippen LogP contribution in [0.15, 0.2) is 11.6 Å². The van der Waals surface area contributed by atoms with Crippen molar-refractivity contribution in [1.29, 1.82) is 0 Å². The highest BCUT2D eigenvalue weighted by molar-refractivity contribution is 5.27. The quantitative estimate of drug-likeness (QED) is 0.652. The highest BCUT2D eigenvalue weighted by atomic mass is 16.3. The first kappa shape index (κ1) is 12.4. The highest BCUT2D eigenvalue weighted by Crippen LogP contribution is 2.58. The van der Waals surface area contributed by atoms with Gasteiger partial charge in [0.25, 0.3) is 0 Å². The summed E-state index contributed by atoms with van der Waals surface area (Å²) in [6.07, 6.45) is 7.06. The summed E-state index contributed by atoms with van der Waals surface area (Å²) in [5.74, 6) is 1.02. The topological polar surface area (TPSA) is 43.7 Å². The summed E-state index contributed by atoms with van der Waals surface area (Å²) < 4.78 is 0. The Morgan fingerprint density at radius 2 is 1.79 bits per heavy atom. The van der Waals surface area contributed by atoms with Crippen LogP contribution in [0, 0.1) is 17.8 Å². The minimum atomic E-state index is -0.545. The molecule has 3 nitrogen and oxygen atoms in total. The van der Waals surface area contributed by atoms with E-state index in [-0.39, 0.29) is 17.4 Å². The molecule has 0 aromatic rings. The first-order valence-electron chi connectivity index (χ1n) is 7.93. The normalized spacial score (nSPS) is 53.4. The van der Waals surface area contributed by atoms with E-state index in [1.807, 2.05) is 0 Å². The molecular weight excluding hydrogens is 238 g/mol. The third kappa shape index (κ3) is 1.44. The zero-order valence-electron chi connectivity index (χ0n) is 11.8. The fraction of sp³-hybridized carbons (Fsp3) is 0.875. The van der Waals surface area contributed by atoms with E-state index in [0.29, 0.717) is 5.92 Å². The van der Waals surface area contributed by atoms with E-state index in [1.165, 1.54) is 37.9 Å². The van der Waals surface area contributed by atoms with Crippen molar-refractivity contribution >= 4 is 0 Å². The summed E-state index contributed by atoms with van der Waals surface area (Å²) >= 11 is 0. The van der Waals surface area contributed by atoms with Gasteiger partial charge in [-0.25, -0.2) is 0 Å². The predicted octanol–water partition coefficient (Wildman–Crippen LogP) is 1.55. The molecule has 2 aliphatic carbocycles. The van der Waals surface area contributed by atoms with E-state index in [2.05, 4.69) is 17.9 Å². The molecule has 1 spiro atoms. The maximum Gasteiger partial charge on any atom is 0.0868 e. The first-order valence-corrected chi connectivity index (χ1v) is 7.93. The van der Waals surface area contributed by atoms with Crippen LogP contribution in [0.3, 0.4) is 0 Å². The van der Waals surface area contributed by atoms with Gasteiger partial charge in [-0.3, -0.25) is 4.90 Å². The molecule has 2 aliphatic heterocycles. The van der Waals surface area contributed by atoms with Gasteiger partial charge in [0.1, 0.15) is 0 Å². The van der Waals surface area contributed by atoms with Gasteiger partial charge in [0.05, 0.1) is 12.2 Å². The monoisotopic (exact) mass is 263 g/mol. The molecule has 4 rings (SSSR count). The standard InChI is InChI=1S/C16H25NO2/c1-10-8-11-12-4-2-6-17-7-3-5-13(15(19)14(11)18)16(12,17)9-10/h8,11-15,18-19H,2-7,9H2,1H3/t11-,12+,13+,14-,15-,16+/m0/s1. The lowest BCUT2D eigenvalue weighted by atomic mass is 9.50. The lowest BCUT2D eigenvalue weighted by molar-refractivity contribution is -0.204. The summed E-state index contributed by atoms with van der Waals surface area (Å²) in [5.41, 5.74) is 1.59. The van der Waals surface area contributed by atoms with Crippen molar-refractivity contribution < 1.29 is 10.2 Å². The van der Waals surface area contributed by atoms with Crippen LogP contribution in [0.25, 0.3) is 0 Å². The van der Waals surface area contributed by atoms with Gasteiger partial charge in [-0.15, -0.1) is 0 Å². The molecule has 2 N–H and O–H groups in total. The van der Waals surface area contributed by atoms with Crippen LogP contribution < -0.4 is 0 Å². The molecule has 2 saturated heterocycles. The van der Waals surface area contributed by atoms with E-state index in [9.17, 15) is 10.2 Å². The molecule has 2 heterocycles. The van der Waals surface area contributed by atoms with Crippen LogP contribution in [0.2, 0.25) is 0 Å². The molecule has 0 aromatic carbocycles. The van der Waals surface area contributed by atoms with Gasteiger partial charge in [-0.05, 0) is 58.0 Å². The third-order valence-corrected chi connectivity index (χ3v) is 6.42. The average molecular weight is 263 g/mol. The average Bonchev–Trinajstić information content (AvgIpc) is 2.40. The highest BCUT2D eigenvalue weighted by Gasteiger charge is 2.63. The molecule has 3 fully saturated rings. The molecule has 3 heteroatoms. The number of rotatable bonds is 0. The third-order valence-electron chi connectivity index (χ3n) is 6.42. The van der Waals surface area contributed by atoms with E-state index in [1.54, 1.807) is 0 Å². The maximum absolute atomic E-state index is 10.6. The number of hydrogen-bond acceptors (Lipinski definition) is 3. The Balaban J connectivity index is 1.87. The Labute approximate surface area is 115 Å². The molecule has 0 radical (unpaired) electrons. The number of aliphatic hydroxyl groups is 2. The zero-order valence-corrected chi connectivity index (χ0v) is 11.8.